The smallest absolute Gasteiger partial charge is 0.236 e. The largest absolute Gasteiger partial charge is 0.301 e. The normalized spacial score (nSPS) is 10.7. The summed E-state index contributed by atoms with van der Waals surface area (Å²) in [4.78, 5) is 18.7. The zero-order chi connectivity index (χ0) is 17.8. The van der Waals surface area contributed by atoms with Gasteiger partial charge in [0.1, 0.15) is 0 Å². The summed E-state index contributed by atoms with van der Waals surface area (Å²) in [5.41, 5.74) is 1.78. The van der Waals surface area contributed by atoms with Gasteiger partial charge in [0.05, 0.1) is 11.4 Å². The lowest BCUT2D eigenvalue weighted by Crippen LogP contribution is -2.13. The molecule has 0 unspecified atom stereocenters. The third-order valence-electron chi connectivity index (χ3n) is 3.32. The number of anilines is 1. The van der Waals surface area contributed by atoms with E-state index in [0.29, 0.717) is 20.9 Å². The highest BCUT2D eigenvalue weighted by Gasteiger charge is 2.12. The van der Waals surface area contributed by atoms with Crippen LogP contribution in [0.2, 0.25) is 10.0 Å². The van der Waals surface area contributed by atoms with Crippen LogP contribution in [0.3, 0.4) is 0 Å². The summed E-state index contributed by atoms with van der Waals surface area (Å²) in [5, 5.41) is 4.79. The van der Waals surface area contributed by atoms with Crippen LogP contribution in [-0.4, -0.2) is 16.6 Å². The Morgan fingerprint density at radius 3 is 2.64 bits per heavy atom. The van der Waals surface area contributed by atoms with Gasteiger partial charge in [-0.05, 0) is 43.3 Å². The fourth-order valence-electron chi connectivity index (χ4n) is 2.19. The molecule has 0 radical (unpaired) electrons. The molecule has 0 fully saturated rings. The third kappa shape index (κ3) is 4.98. The molecule has 3 rings (SSSR count). The van der Waals surface area contributed by atoms with Crippen LogP contribution in [-0.2, 0) is 4.79 Å². The van der Waals surface area contributed by atoms with Gasteiger partial charge >= 0.3 is 0 Å². The van der Waals surface area contributed by atoms with Crippen molar-refractivity contribution in [1.82, 2.24) is 4.98 Å². The van der Waals surface area contributed by atoms with E-state index in [2.05, 4.69) is 10.3 Å². The Labute approximate surface area is 164 Å². The van der Waals surface area contributed by atoms with E-state index in [9.17, 15) is 4.79 Å². The standard InChI is InChI=1S/C18H14Cl2N2OS2/c1-11-17(12-3-2-4-14(20)9-12)22-18(25-11)21-16(23)10-24-15-7-5-13(19)6-8-15/h2-9H,10H2,1H3,(H,21,22,23). The SMILES string of the molecule is Cc1sc(NC(=O)CSc2ccc(Cl)cc2)nc1-c1cccc(Cl)c1. The highest BCUT2D eigenvalue weighted by atomic mass is 35.5. The topological polar surface area (TPSA) is 42.0 Å². The highest BCUT2D eigenvalue weighted by Crippen LogP contribution is 2.31. The van der Waals surface area contributed by atoms with Crippen LogP contribution in [0.1, 0.15) is 4.88 Å². The molecule has 0 aliphatic rings. The highest BCUT2D eigenvalue weighted by molar-refractivity contribution is 8.00. The molecule has 1 heterocycles. The molecule has 25 heavy (non-hydrogen) atoms. The number of rotatable bonds is 5. The van der Waals surface area contributed by atoms with Crippen molar-refractivity contribution in [3.8, 4) is 11.3 Å². The number of carbonyl (C=O) groups excluding carboxylic acids is 1. The van der Waals surface area contributed by atoms with Gasteiger partial charge in [0.15, 0.2) is 5.13 Å². The maximum atomic E-state index is 12.2. The number of hydrogen-bond acceptors (Lipinski definition) is 4. The monoisotopic (exact) mass is 408 g/mol. The first-order valence-electron chi connectivity index (χ1n) is 7.43. The molecule has 3 nitrogen and oxygen atoms in total. The van der Waals surface area contributed by atoms with Crippen molar-refractivity contribution >= 4 is 57.3 Å². The van der Waals surface area contributed by atoms with Gasteiger partial charge in [0, 0.05) is 25.4 Å². The minimum atomic E-state index is -0.0913. The lowest BCUT2D eigenvalue weighted by Gasteiger charge is -2.02. The Morgan fingerprint density at radius 1 is 1.16 bits per heavy atom. The molecule has 0 bridgehead atoms. The van der Waals surface area contributed by atoms with Crippen molar-refractivity contribution in [2.75, 3.05) is 11.1 Å². The number of nitrogens with one attached hydrogen (secondary N) is 1. The van der Waals surface area contributed by atoms with Gasteiger partial charge in [-0.15, -0.1) is 23.1 Å². The van der Waals surface area contributed by atoms with Crippen molar-refractivity contribution < 1.29 is 4.79 Å². The van der Waals surface area contributed by atoms with Crippen molar-refractivity contribution in [2.24, 2.45) is 0 Å². The van der Waals surface area contributed by atoms with Crippen molar-refractivity contribution in [2.45, 2.75) is 11.8 Å². The number of aromatic nitrogens is 1. The Hall–Kier alpha value is -1.53. The summed E-state index contributed by atoms with van der Waals surface area (Å²) >= 11 is 14.8. The Morgan fingerprint density at radius 2 is 1.92 bits per heavy atom. The number of hydrogen-bond donors (Lipinski definition) is 1. The second-order valence-electron chi connectivity index (χ2n) is 5.22. The maximum absolute atomic E-state index is 12.2. The molecule has 1 amide bonds. The predicted molar refractivity (Wildman–Crippen MR) is 108 cm³/mol. The average Bonchev–Trinajstić information content (AvgIpc) is 2.94. The Balaban J connectivity index is 1.64. The molecule has 3 aromatic rings. The first-order valence-corrected chi connectivity index (χ1v) is 9.98. The van der Waals surface area contributed by atoms with E-state index < -0.39 is 0 Å². The van der Waals surface area contributed by atoms with Crippen LogP contribution in [0.5, 0.6) is 0 Å². The molecule has 0 atom stereocenters. The predicted octanol–water partition coefficient (Wildman–Crippen LogP) is 6.16. The van der Waals surface area contributed by atoms with E-state index in [4.69, 9.17) is 23.2 Å². The molecule has 0 spiro atoms. The third-order valence-corrected chi connectivity index (χ3v) is 5.71. The van der Waals surface area contributed by atoms with Crippen LogP contribution in [0.25, 0.3) is 11.3 Å². The Kier molecular flexibility index (Phi) is 6.02. The summed E-state index contributed by atoms with van der Waals surface area (Å²) < 4.78 is 0. The second-order valence-corrected chi connectivity index (χ2v) is 8.35. The fourth-order valence-corrected chi connectivity index (χ4v) is 4.06. The van der Waals surface area contributed by atoms with E-state index in [0.717, 1.165) is 21.0 Å². The van der Waals surface area contributed by atoms with Gasteiger partial charge in [0.2, 0.25) is 5.91 Å². The zero-order valence-corrected chi connectivity index (χ0v) is 16.4. The molecule has 0 saturated carbocycles. The lowest BCUT2D eigenvalue weighted by molar-refractivity contribution is -0.113. The van der Waals surface area contributed by atoms with Crippen molar-refractivity contribution in [1.29, 1.82) is 0 Å². The first-order chi connectivity index (χ1) is 12.0. The van der Waals surface area contributed by atoms with Gasteiger partial charge < -0.3 is 5.32 Å². The number of amides is 1. The molecule has 0 saturated heterocycles. The van der Waals surface area contributed by atoms with E-state index >= 15 is 0 Å². The summed E-state index contributed by atoms with van der Waals surface area (Å²) in [6.07, 6.45) is 0. The second kappa shape index (κ2) is 8.23. The number of carbonyl (C=O) groups is 1. The quantitative estimate of drug-likeness (QED) is 0.514. The van der Waals surface area contributed by atoms with Crippen LogP contribution < -0.4 is 5.32 Å². The number of benzene rings is 2. The number of thioether (sulfide) groups is 1. The molecule has 0 aliphatic carbocycles. The minimum Gasteiger partial charge on any atom is -0.301 e. The molecule has 128 valence electrons. The van der Waals surface area contributed by atoms with Gasteiger partial charge in [-0.1, -0.05) is 35.3 Å². The van der Waals surface area contributed by atoms with Crippen LogP contribution in [0.4, 0.5) is 5.13 Å². The van der Waals surface area contributed by atoms with Gasteiger partial charge in [-0.2, -0.15) is 0 Å². The van der Waals surface area contributed by atoms with E-state index in [1.165, 1.54) is 23.1 Å². The van der Waals surface area contributed by atoms with Crippen LogP contribution in [0, 0.1) is 6.92 Å². The molecule has 1 N–H and O–H groups in total. The van der Waals surface area contributed by atoms with E-state index in [-0.39, 0.29) is 5.91 Å². The first kappa shape index (κ1) is 18.3. The van der Waals surface area contributed by atoms with Crippen LogP contribution >= 0.6 is 46.3 Å². The molecular formula is C18H14Cl2N2OS2. The average molecular weight is 409 g/mol. The maximum Gasteiger partial charge on any atom is 0.236 e. The van der Waals surface area contributed by atoms with E-state index in [1.54, 1.807) is 0 Å². The molecule has 1 aromatic heterocycles. The number of halogens is 2. The zero-order valence-electron chi connectivity index (χ0n) is 13.3. The molecule has 0 aliphatic heterocycles. The summed E-state index contributed by atoms with van der Waals surface area (Å²) in [6, 6.07) is 14.9. The molecular weight excluding hydrogens is 395 g/mol. The molecule has 2 aromatic carbocycles. The minimum absolute atomic E-state index is 0.0913. The van der Waals surface area contributed by atoms with E-state index in [1.807, 2.05) is 55.5 Å². The van der Waals surface area contributed by atoms with Gasteiger partial charge in [-0.3, -0.25) is 4.79 Å². The fraction of sp³-hybridized carbons (Fsp3) is 0.111. The number of nitrogens with zero attached hydrogens (tertiary/aromatic N) is 1. The summed E-state index contributed by atoms with van der Waals surface area (Å²) in [7, 11) is 0. The van der Waals surface area contributed by atoms with Gasteiger partial charge in [0.25, 0.3) is 0 Å². The Bertz CT molecular complexity index is 894. The lowest BCUT2D eigenvalue weighted by atomic mass is 10.1. The summed E-state index contributed by atoms with van der Waals surface area (Å²) in [5.74, 6) is 0.221. The number of thiazole rings is 1. The summed E-state index contributed by atoms with van der Waals surface area (Å²) in [6.45, 7) is 1.98. The van der Waals surface area contributed by atoms with Crippen molar-refractivity contribution in [3.63, 3.8) is 0 Å². The number of aryl methyl sites for hydroxylation is 1. The van der Waals surface area contributed by atoms with Crippen molar-refractivity contribution in [3.05, 3.63) is 63.5 Å². The molecule has 7 heteroatoms. The van der Waals surface area contributed by atoms with Gasteiger partial charge in [-0.25, -0.2) is 4.98 Å². The van der Waals surface area contributed by atoms with Crippen LogP contribution in [0.15, 0.2) is 53.4 Å².